The number of hydrogen-bond donors (Lipinski definition) is 1. The van der Waals surface area contributed by atoms with E-state index in [0.29, 0.717) is 0 Å². The van der Waals surface area contributed by atoms with Gasteiger partial charge < -0.3 is 10.2 Å². The molecular weight excluding hydrogens is 238 g/mol. The van der Waals surface area contributed by atoms with Crippen molar-refractivity contribution in [2.24, 2.45) is 0 Å². The lowest BCUT2D eigenvalue weighted by molar-refractivity contribution is 0.334. The largest absolute Gasteiger partial charge is 0.412 e. The summed E-state index contributed by atoms with van der Waals surface area (Å²) in [7, 11) is -0.878. The van der Waals surface area contributed by atoms with Crippen LogP contribution in [0.1, 0.15) is 5.56 Å². The molecule has 2 nitrogen and oxygen atoms in total. The number of nitrogen functional groups attached to an aromatic ring is 1. The van der Waals surface area contributed by atoms with Crippen LogP contribution in [0.4, 0.5) is 5.69 Å². The fourth-order valence-electron chi connectivity index (χ4n) is 1.83. The van der Waals surface area contributed by atoms with Gasteiger partial charge >= 0.3 is 0 Å². The van der Waals surface area contributed by atoms with E-state index in [-0.39, 0.29) is 0 Å². The Labute approximate surface area is 110 Å². The lowest BCUT2D eigenvalue weighted by Gasteiger charge is -2.11. The summed E-state index contributed by atoms with van der Waals surface area (Å²) in [5, 5.41) is 1.31. The van der Waals surface area contributed by atoms with Crippen molar-refractivity contribution in [3.05, 3.63) is 60.2 Å². The van der Waals surface area contributed by atoms with E-state index in [2.05, 4.69) is 36.9 Å². The highest BCUT2D eigenvalue weighted by molar-refractivity contribution is 6.66. The van der Waals surface area contributed by atoms with Crippen LogP contribution in [0.15, 0.2) is 54.6 Å². The van der Waals surface area contributed by atoms with Gasteiger partial charge in [0, 0.05) is 12.3 Å². The van der Waals surface area contributed by atoms with E-state index in [1.54, 1.807) is 0 Å². The molecule has 0 unspecified atom stereocenters. The van der Waals surface area contributed by atoms with Crippen molar-refractivity contribution in [2.75, 3.05) is 12.3 Å². The van der Waals surface area contributed by atoms with Crippen LogP contribution in [-0.2, 0) is 10.8 Å². The van der Waals surface area contributed by atoms with Crippen LogP contribution >= 0.6 is 0 Å². The molecule has 0 spiro atoms. The maximum atomic E-state index is 5.93. The van der Waals surface area contributed by atoms with Crippen LogP contribution in [0.2, 0.25) is 6.55 Å². The topological polar surface area (TPSA) is 35.2 Å². The summed E-state index contributed by atoms with van der Waals surface area (Å²) in [5.41, 5.74) is 7.80. The number of anilines is 1. The van der Waals surface area contributed by atoms with E-state index in [4.69, 9.17) is 10.2 Å². The average molecular weight is 256 g/mol. The van der Waals surface area contributed by atoms with E-state index >= 15 is 0 Å². The van der Waals surface area contributed by atoms with E-state index in [1.165, 1.54) is 10.8 Å². The summed E-state index contributed by atoms with van der Waals surface area (Å²) in [4.78, 5) is 0. The Balaban J connectivity index is 1.82. The summed E-state index contributed by atoms with van der Waals surface area (Å²) < 4.78 is 5.93. The molecule has 0 saturated carbocycles. The highest BCUT2D eigenvalue weighted by atomic mass is 28.3. The zero-order valence-electron chi connectivity index (χ0n) is 10.6. The fraction of sp³-hybridized carbons (Fsp3) is 0.200. The molecule has 18 heavy (non-hydrogen) atoms. The van der Waals surface area contributed by atoms with Crippen molar-refractivity contribution in [3.8, 4) is 0 Å². The second-order valence-corrected chi connectivity index (χ2v) is 6.24. The van der Waals surface area contributed by atoms with Gasteiger partial charge in [-0.25, -0.2) is 0 Å². The highest BCUT2D eigenvalue weighted by Crippen LogP contribution is 2.07. The van der Waals surface area contributed by atoms with Crippen molar-refractivity contribution in [3.63, 3.8) is 0 Å². The fourth-order valence-corrected chi connectivity index (χ4v) is 3.06. The van der Waals surface area contributed by atoms with Crippen molar-refractivity contribution in [1.82, 2.24) is 0 Å². The average Bonchev–Trinajstić information content (AvgIpc) is 2.40. The van der Waals surface area contributed by atoms with Crippen molar-refractivity contribution < 1.29 is 4.43 Å². The normalized spacial score (nSPS) is 10.8. The van der Waals surface area contributed by atoms with Gasteiger partial charge in [-0.3, -0.25) is 0 Å². The Morgan fingerprint density at radius 1 is 1.06 bits per heavy atom. The monoisotopic (exact) mass is 256 g/mol. The molecular formula is C15H18NOSi. The second kappa shape index (κ2) is 6.38. The van der Waals surface area contributed by atoms with Gasteiger partial charge in [0.1, 0.15) is 0 Å². The Morgan fingerprint density at radius 3 is 2.56 bits per heavy atom. The molecule has 0 atom stereocenters. The molecule has 0 fully saturated rings. The molecule has 0 bridgehead atoms. The van der Waals surface area contributed by atoms with Gasteiger partial charge in [-0.2, -0.15) is 0 Å². The Morgan fingerprint density at radius 2 is 1.83 bits per heavy atom. The molecule has 1 radical (unpaired) electrons. The first-order chi connectivity index (χ1) is 8.75. The van der Waals surface area contributed by atoms with Gasteiger partial charge in [0.2, 0.25) is 9.04 Å². The maximum Gasteiger partial charge on any atom is 0.243 e. The summed E-state index contributed by atoms with van der Waals surface area (Å²) in [6.45, 7) is 2.93. The molecule has 0 saturated heterocycles. The van der Waals surface area contributed by atoms with Gasteiger partial charge in [0.15, 0.2) is 0 Å². The molecule has 0 aliphatic rings. The van der Waals surface area contributed by atoms with Crippen LogP contribution in [0.3, 0.4) is 0 Å². The Kier molecular flexibility index (Phi) is 4.56. The highest BCUT2D eigenvalue weighted by Gasteiger charge is 2.08. The maximum absolute atomic E-state index is 5.93. The van der Waals surface area contributed by atoms with E-state index < -0.39 is 9.04 Å². The SMILES string of the molecule is C[Si](OCCc1cccc(N)c1)c1ccccc1. The molecule has 3 heteroatoms. The number of benzene rings is 2. The van der Waals surface area contributed by atoms with Crippen LogP contribution < -0.4 is 10.9 Å². The minimum atomic E-state index is -0.878. The van der Waals surface area contributed by atoms with Gasteiger partial charge in [0.25, 0.3) is 0 Å². The predicted octanol–water partition coefficient (Wildman–Crippen LogP) is 2.36. The summed E-state index contributed by atoms with van der Waals surface area (Å²) in [6, 6.07) is 18.4. The lowest BCUT2D eigenvalue weighted by Crippen LogP contribution is -2.30. The van der Waals surface area contributed by atoms with E-state index in [9.17, 15) is 0 Å². The summed E-state index contributed by atoms with van der Waals surface area (Å²) in [5.74, 6) is 0. The molecule has 93 valence electrons. The first-order valence-corrected chi connectivity index (χ1v) is 8.03. The molecule has 0 aromatic heterocycles. The molecule has 0 heterocycles. The first kappa shape index (κ1) is 12.9. The second-order valence-electron chi connectivity index (χ2n) is 4.27. The molecule has 2 N–H and O–H groups in total. The molecule has 2 aromatic rings. The molecule has 2 rings (SSSR count). The Hall–Kier alpha value is -1.58. The standard InChI is InChI=1S/C15H18NOSi/c1-18(15-8-3-2-4-9-15)17-11-10-13-6-5-7-14(16)12-13/h2-9,12H,10-11,16H2,1H3. The van der Waals surface area contributed by atoms with E-state index in [0.717, 1.165) is 18.7 Å². The zero-order valence-corrected chi connectivity index (χ0v) is 11.6. The van der Waals surface area contributed by atoms with Gasteiger partial charge in [0.05, 0.1) is 0 Å². The van der Waals surface area contributed by atoms with Crippen LogP contribution in [-0.4, -0.2) is 15.6 Å². The van der Waals surface area contributed by atoms with Crippen molar-refractivity contribution >= 4 is 19.9 Å². The Bertz CT molecular complexity index is 487. The number of rotatable bonds is 5. The summed E-state index contributed by atoms with van der Waals surface area (Å²) in [6.07, 6.45) is 0.917. The number of hydrogen-bond acceptors (Lipinski definition) is 2. The third-order valence-electron chi connectivity index (χ3n) is 2.84. The van der Waals surface area contributed by atoms with Crippen LogP contribution in [0, 0.1) is 0 Å². The minimum Gasteiger partial charge on any atom is -0.412 e. The van der Waals surface area contributed by atoms with E-state index in [1.807, 2.05) is 24.3 Å². The minimum absolute atomic E-state index is 0.753. The molecule has 0 aliphatic heterocycles. The first-order valence-electron chi connectivity index (χ1n) is 6.12. The zero-order chi connectivity index (χ0) is 12.8. The van der Waals surface area contributed by atoms with Crippen molar-refractivity contribution in [2.45, 2.75) is 13.0 Å². The van der Waals surface area contributed by atoms with Gasteiger partial charge in [-0.15, -0.1) is 0 Å². The lowest BCUT2D eigenvalue weighted by atomic mass is 10.1. The summed E-state index contributed by atoms with van der Waals surface area (Å²) >= 11 is 0. The molecule has 2 aromatic carbocycles. The van der Waals surface area contributed by atoms with Crippen molar-refractivity contribution in [1.29, 1.82) is 0 Å². The van der Waals surface area contributed by atoms with Gasteiger partial charge in [-0.05, 0) is 35.9 Å². The third-order valence-corrected chi connectivity index (χ3v) is 4.62. The van der Waals surface area contributed by atoms with Crippen LogP contribution in [0.5, 0.6) is 0 Å². The smallest absolute Gasteiger partial charge is 0.243 e. The number of nitrogens with two attached hydrogens (primary N) is 1. The molecule has 0 amide bonds. The van der Waals surface area contributed by atoms with Crippen LogP contribution in [0.25, 0.3) is 0 Å². The third kappa shape index (κ3) is 3.72. The van der Waals surface area contributed by atoms with Gasteiger partial charge in [-0.1, -0.05) is 42.5 Å². The quantitative estimate of drug-likeness (QED) is 0.658. The molecule has 0 aliphatic carbocycles. The predicted molar refractivity (Wildman–Crippen MR) is 78.2 cm³/mol.